The van der Waals surface area contributed by atoms with Crippen LogP contribution in [0.2, 0.25) is 0 Å². The molecule has 3 heterocycles. The second-order valence-electron chi connectivity index (χ2n) is 6.84. The highest BCUT2D eigenvalue weighted by Crippen LogP contribution is 2.38. The number of hydrogen-bond donors (Lipinski definition) is 7. The van der Waals surface area contributed by atoms with Gasteiger partial charge >= 0.3 is 13.8 Å². The van der Waals surface area contributed by atoms with Gasteiger partial charge in [0.1, 0.15) is 30.7 Å². The minimum atomic E-state index is -4.78. The highest BCUT2D eigenvalue weighted by atomic mass is 32.2. The van der Waals surface area contributed by atoms with Crippen LogP contribution < -0.4 is 11.1 Å². The summed E-state index contributed by atoms with van der Waals surface area (Å²) in [6.45, 7) is -0.629. The maximum absolute atomic E-state index is 10.9. The van der Waals surface area contributed by atoms with Crippen molar-refractivity contribution >= 4 is 42.5 Å². The van der Waals surface area contributed by atoms with Crippen LogP contribution in [-0.2, 0) is 18.6 Å². The van der Waals surface area contributed by atoms with Gasteiger partial charge in [-0.1, -0.05) is 0 Å². The second kappa shape index (κ2) is 10.4. The summed E-state index contributed by atoms with van der Waals surface area (Å²) in [4.78, 5) is 40.9. The SMILES string of the molecule is NC(CCSCNc1ncnc2c1ncn2C1OC(COP(=O)(O)O)C(O)C1O)C(=O)O. The summed E-state index contributed by atoms with van der Waals surface area (Å²) >= 11 is 1.42. The van der Waals surface area contributed by atoms with Crippen molar-refractivity contribution in [2.45, 2.75) is 37.0 Å². The molecule has 32 heavy (non-hydrogen) atoms. The topological polar surface area (TPSA) is 235 Å². The predicted molar refractivity (Wildman–Crippen MR) is 110 cm³/mol. The van der Waals surface area contributed by atoms with Crippen LogP contribution in [0.5, 0.6) is 0 Å². The van der Waals surface area contributed by atoms with E-state index in [-0.39, 0.29) is 5.65 Å². The van der Waals surface area contributed by atoms with E-state index in [4.69, 9.17) is 25.4 Å². The lowest BCUT2D eigenvalue weighted by atomic mass is 10.1. The molecule has 1 aliphatic heterocycles. The molecule has 0 aromatic carbocycles. The van der Waals surface area contributed by atoms with Crippen molar-refractivity contribution in [2.75, 3.05) is 23.6 Å². The van der Waals surface area contributed by atoms with Crippen molar-refractivity contribution < 1.29 is 43.7 Å². The van der Waals surface area contributed by atoms with E-state index < -0.39 is 51.0 Å². The van der Waals surface area contributed by atoms with E-state index in [1.54, 1.807) is 0 Å². The van der Waals surface area contributed by atoms with Gasteiger partial charge in [-0.3, -0.25) is 13.9 Å². The Morgan fingerprint density at radius 2 is 2.09 bits per heavy atom. The number of aromatic nitrogens is 4. The Morgan fingerprint density at radius 3 is 2.78 bits per heavy atom. The molecule has 2 aromatic heterocycles. The minimum Gasteiger partial charge on any atom is -0.480 e. The molecule has 1 fully saturated rings. The van der Waals surface area contributed by atoms with Gasteiger partial charge in [-0.2, -0.15) is 0 Å². The van der Waals surface area contributed by atoms with Crippen LogP contribution in [0.3, 0.4) is 0 Å². The van der Waals surface area contributed by atoms with Gasteiger partial charge in [0.15, 0.2) is 23.2 Å². The molecular formula is C15H23N6O9PS. The Balaban J connectivity index is 1.65. The van der Waals surface area contributed by atoms with Gasteiger partial charge in [0.25, 0.3) is 0 Å². The molecule has 0 amide bonds. The number of phosphoric ester groups is 1. The first-order valence-electron chi connectivity index (χ1n) is 9.27. The largest absolute Gasteiger partial charge is 0.480 e. The zero-order chi connectivity index (χ0) is 23.5. The van der Waals surface area contributed by atoms with E-state index in [1.807, 2.05) is 0 Å². The summed E-state index contributed by atoms with van der Waals surface area (Å²) in [5, 5.41) is 32.3. The molecule has 0 aliphatic carbocycles. The molecule has 3 rings (SSSR count). The number of anilines is 1. The van der Waals surface area contributed by atoms with E-state index in [0.717, 1.165) is 0 Å². The van der Waals surface area contributed by atoms with Gasteiger partial charge in [0, 0.05) is 0 Å². The third-order valence-corrected chi connectivity index (χ3v) is 5.97. The molecule has 0 radical (unpaired) electrons. The number of carboxylic acids is 1. The lowest BCUT2D eigenvalue weighted by Crippen LogP contribution is -2.33. The van der Waals surface area contributed by atoms with Crippen LogP contribution >= 0.6 is 19.6 Å². The van der Waals surface area contributed by atoms with Crippen LogP contribution in [-0.4, -0.2) is 93.2 Å². The molecule has 17 heteroatoms. The van der Waals surface area contributed by atoms with Crippen molar-refractivity contribution in [3.05, 3.63) is 12.7 Å². The average Bonchev–Trinajstić information content (AvgIpc) is 3.27. The lowest BCUT2D eigenvalue weighted by Gasteiger charge is -2.16. The number of carbonyl (C=O) groups is 1. The number of nitrogens with two attached hydrogens (primary N) is 1. The Bertz CT molecular complexity index is 989. The Hall–Kier alpha value is -1.88. The fourth-order valence-corrected chi connectivity index (χ4v) is 4.10. The first kappa shape index (κ1) is 24.8. The minimum absolute atomic E-state index is 0.285. The smallest absolute Gasteiger partial charge is 0.469 e. The molecule has 0 saturated carbocycles. The van der Waals surface area contributed by atoms with Gasteiger partial charge in [0.2, 0.25) is 0 Å². The number of ether oxygens (including phenoxy) is 1. The number of aliphatic hydroxyl groups is 2. The third-order valence-electron chi connectivity index (χ3n) is 4.61. The maximum Gasteiger partial charge on any atom is 0.469 e. The molecule has 0 bridgehead atoms. The fraction of sp³-hybridized carbons (Fsp3) is 0.600. The fourth-order valence-electron chi connectivity index (χ4n) is 2.96. The van der Waals surface area contributed by atoms with Crippen molar-refractivity contribution in [1.29, 1.82) is 0 Å². The number of aliphatic hydroxyl groups excluding tert-OH is 2. The third kappa shape index (κ3) is 5.92. The zero-order valence-corrected chi connectivity index (χ0v) is 18.2. The van der Waals surface area contributed by atoms with Gasteiger partial charge in [-0.15, -0.1) is 11.8 Å². The van der Waals surface area contributed by atoms with Crippen LogP contribution in [0, 0.1) is 0 Å². The summed E-state index contributed by atoms with van der Waals surface area (Å²) in [6, 6.07) is -0.923. The second-order valence-corrected chi connectivity index (χ2v) is 9.19. The van der Waals surface area contributed by atoms with Crippen molar-refractivity contribution in [3.8, 4) is 0 Å². The van der Waals surface area contributed by atoms with Crippen LogP contribution in [0.15, 0.2) is 12.7 Å². The van der Waals surface area contributed by atoms with Crippen molar-refractivity contribution in [3.63, 3.8) is 0 Å². The monoisotopic (exact) mass is 494 g/mol. The van der Waals surface area contributed by atoms with E-state index in [1.165, 1.54) is 29.0 Å². The number of thioether (sulfide) groups is 1. The first-order chi connectivity index (χ1) is 15.1. The lowest BCUT2D eigenvalue weighted by molar-refractivity contribution is -0.138. The number of hydrogen-bond acceptors (Lipinski definition) is 12. The molecule has 5 unspecified atom stereocenters. The van der Waals surface area contributed by atoms with Gasteiger partial charge < -0.3 is 40.9 Å². The number of phosphoric acid groups is 1. The van der Waals surface area contributed by atoms with E-state index in [2.05, 4.69) is 24.8 Å². The molecule has 2 aromatic rings. The number of nitrogens with one attached hydrogen (secondary N) is 1. The number of fused-ring (bicyclic) bond motifs is 1. The Morgan fingerprint density at radius 1 is 1.34 bits per heavy atom. The number of rotatable bonds is 11. The van der Waals surface area contributed by atoms with Crippen LogP contribution in [0.25, 0.3) is 11.2 Å². The van der Waals surface area contributed by atoms with E-state index >= 15 is 0 Å². The van der Waals surface area contributed by atoms with Crippen molar-refractivity contribution in [1.82, 2.24) is 19.5 Å². The quantitative estimate of drug-likeness (QED) is 0.106. The van der Waals surface area contributed by atoms with Gasteiger partial charge in [0.05, 0.1) is 18.8 Å². The van der Waals surface area contributed by atoms with Crippen molar-refractivity contribution in [2.24, 2.45) is 5.73 Å². The van der Waals surface area contributed by atoms with Crippen LogP contribution in [0.1, 0.15) is 12.6 Å². The zero-order valence-electron chi connectivity index (χ0n) is 16.5. The molecule has 1 saturated heterocycles. The Labute approximate surface area is 185 Å². The molecule has 1 aliphatic rings. The maximum atomic E-state index is 10.9. The molecule has 8 N–H and O–H groups in total. The summed E-state index contributed by atoms with van der Waals surface area (Å²) in [6.07, 6.45) is -2.31. The Kier molecular flexibility index (Phi) is 8.02. The standard InChI is InChI=1S/C15H23N6O9PS/c16-7(15(24)25)1-2-32-6-20-12-9-13(18-4-17-12)21(5-19-9)14-11(23)10(22)8(30-14)3-29-31(26,27)28/h4-5,7-8,10-11,14,22-23H,1-3,6,16H2,(H,24,25)(H,17,18,20)(H2,26,27,28). The number of nitrogens with zero attached hydrogens (tertiary/aromatic N) is 4. The van der Waals surface area contributed by atoms with Crippen LogP contribution in [0.4, 0.5) is 5.82 Å². The van der Waals surface area contributed by atoms with E-state index in [0.29, 0.717) is 29.4 Å². The number of carboxylic acid groups (broad SMARTS) is 1. The summed E-state index contributed by atoms with van der Waals surface area (Å²) in [5.41, 5.74) is 6.10. The number of imidazole rings is 1. The normalized spacial score (nSPS) is 24.7. The average molecular weight is 494 g/mol. The molecule has 5 atom stereocenters. The summed E-state index contributed by atoms with van der Waals surface area (Å²) in [7, 11) is -4.78. The van der Waals surface area contributed by atoms with Gasteiger partial charge in [-0.25, -0.2) is 19.5 Å². The first-order valence-corrected chi connectivity index (χ1v) is 12.0. The highest BCUT2D eigenvalue weighted by molar-refractivity contribution is 7.99. The molecular weight excluding hydrogens is 471 g/mol. The summed E-state index contributed by atoms with van der Waals surface area (Å²) < 4.78 is 22.2. The molecule has 178 valence electrons. The van der Waals surface area contributed by atoms with E-state index in [9.17, 15) is 19.6 Å². The van der Waals surface area contributed by atoms with Gasteiger partial charge in [-0.05, 0) is 12.2 Å². The number of aliphatic carboxylic acids is 1. The predicted octanol–water partition coefficient (Wildman–Crippen LogP) is -1.54. The molecule has 15 nitrogen and oxygen atoms in total. The highest BCUT2D eigenvalue weighted by Gasteiger charge is 2.45. The summed E-state index contributed by atoms with van der Waals surface area (Å²) in [5.74, 6) is 0.243. The molecule has 0 spiro atoms.